The fraction of sp³-hybridized carbons (Fsp3) is 0.273. The van der Waals surface area contributed by atoms with Crippen LogP contribution in [-0.2, 0) is 11.2 Å². The zero-order chi connectivity index (χ0) is 19.4. The highest BCUT2D eigenvalue weighted by molar-refractivity contribution is 5.94. The lowest BCUT2D eigenvalue weighted by molar-refractivity contribution is -0.118. The Morgan fingerprint density at radius 1 is 1.10 bits per heavy atom. The number of amides is 1. The van der Waals surface area contributed by atoms with Gasteiger partial charge in [-0.15, -0.1) is 0 Å². The van der Waals surface area contributed by atoms with Crippen LogP contribution in [0.4, 0.5) is 0 Å². The zero-order valence-corrected chi connectivity index (χ0v) is 15.9. The van der Waals surface area contributed by atoms with Gasteiger partial charge in [-0.2, -0.15) is 0 Å². The first-order valence-electron chi connectivity index (χ1n) is 10.0. The van der Waals surface area contributed by atoms with Gasteiger partial charge >= 0.3 is 0 Å². The van der Waals surface area contributed by atoms with E-state index in [-0.39, 0.29) is 11.9 Å². The van der Waals surface area contributed by atoms with Crippen LogP contribution in [0, 0.1) is 0 Å². The molecule has 4 heterocycles. The van der Waals surface area contributed by atoms with Gasteiger partial charge < -0.3 is 10.3 Å². The summed E-state index contributed by atoms with van der Waals surface area (Å²) in [6.07, 6.45) is 6.38. The molecule has 2 aliphatic heterocycles. The molecule has 7 nitrogen and oxygen atoms in total. The number of carbonyl (C=O) groups excluding carboxylic acids is 1. The normalized spacial score (nSPS) is 20.8. The minimum Gasteiger partial charge on any atom is -0.351 e. The van der Waals surface area contributed by atoms with Gasteiger partial charge in [0.25, 0.3) is 5.91 Å². The van der Waals surface area contributed by atoms with E-state index in [1.165, 1.54) is 0 Å². The van der Waals surface area contributed by atoms with Gasteiger partial charge in [0.05, 0.1) is 17.3 Å². The van der Waals surface area contributed by atoms with Crippen molar-refractivity contribution in [2.24, 2.45) is 0 Å². The molecule has 29 heavy (non-hydrogen) atoms. The third-order valence-corrected chi connectivity index (χ3v) is 5.95. The van der Waals surface area contributed by atoms with Crippen molar-refractivity contribution < 1.29 is 4.79 Å². The summed E-state index contributed by atoms with van der Waals surface area (Å²) in [7, 11) is 0. The maximum absolute atomic E-state index is 12.6. The largest absolute Gasteiger partial charge is 0.351 e. The van der Waals surface area contributed by atoms with Crippen molar-refractivity contribution in [3.8, 4) is 11.4 Å². The van der Waals surface area contributed by atoms with E-state index in [1.54, 1.807) is 0 Å². The molecule has 0 bridgehead atoms. The first-order valence-corrected chi connectivity index (χ1v) is 10.0. The molecule has 3 aliphatic rings. The van der Waals surface area contributed by atoms with Crippen LogP contribution >= 0.6 is 0 Å². The Bertz CT molecular complexity index is 1190. The average molecular weight is 384 g/mol. The second-order valence-electron chi connectivity index (χ2n) is 7.72. The summed E-state index contributed by atoms with van der Waals surface area (Å²) >= 11 is 0. The first kappa shape index (κ1) is 16.6. The van der Waals surface area contributed by atoms with Crippen LogP contribution in [0.2, 0.25) is 0 Å². The number of hydrogen-bond donors (Lipinski definition) is 2. The molecule has 1 amide bonds. The molecule has 6 rings (SSSR count). The van der Waals surface area contributed by atoms with Crippen molar-refractivity contribution in [1.82, 2.24) is 30.7 Å². The van der Waals surface area contributed by atoms with Crippen molar-refractivity contribution in [2.75, 3.05) is 13.1 Å². The van der Waals surface area contributed by atoms with Gasteiger partial charge in [0.1, 0.15) is 5.70 Å². The molecular formula is C22H20N6O. The monoisotopic (exact) mass is 384 g/mol. The summed E-state index contributed by atoms with van der Waals surface area (Å²) in [4.78, 5) is 26.7. The summed E-state index contributed by atoms with van der Waals surface area (Å²) in [5.74, 6) is 0.686. The minimum absolute atomic E-state index is 0.0176. The van der Waals surface area contributed by atoms with E-state index >= 15 is 0 Å². The lowest BCUT2D eigenvalue weighted by Crippen LogP contribution is -2.36. The van der Waals surface area contributed by atoms with Gasteiger partial charge in [0.2, 0.25) is 0 Å². The molecule has 7 heteroatoms. The second-order valence-corrected chi connectivity index (χ2v) is 7.72. The highest BCUT2D eigenvalue weighted by Crippen LogP contribution is 2.40. The lowest BCUT2D eigenvalue weighted by Gasteiger charge is -2.25. The number of para-hydroxylation sites is 1. The predicted octanol–water partition coefficient (Wildman–Crippen LogP) is 2.27. The van der Waals surface area contributed by atoms with E-state index in [2.05, 4.69) is 26.8 Å². The molecule has 0 radical (unpaired) electrons. The van der Waals surface area contributed by atoms with Crippen LogP contribution in [0.5, 0.6) is 0 Å². The molecular weight excluding hydrogens is 364 g/mol. The van der Waals surface area contributed by atoms with Crippen molar-refractivity contribution in [2.45, 2.75) is 25.3 Å². The van der Waals surface area contributed by atoms with Gasteiger partial charge in [-0.05, 0) is 42.5 Å². The van der Waals surface area contributed by atoms with Gasteiger partial charge in [0.15, 0.2) is 5.82 Å². The van der Waals surface area contributed by atoms with Crippen molar-refractivity contribution in [3.63, 3.8) is 0 Å². The van der Waals surface area contributed by atoms with Crippen LogP contribution < -0.4 is 10.7 Å². The molecule has 0 spiro atoms. The number of rotatable bonds is 1. The Labute approximate surface area is 167 Å². The van der Waals surface area contributed by atoms with Crippen molar-refractivity contribution >= 4 is 16.8 Å². The van der Waals surface area contributed by atoms with E-state index < -0.39 is 0 Å². The van der Waals surface area contributed by atoms with Crippen LogP contribution in [0.15, 0.2) is 54.0 Å². The Kier molecular flexibility index (Phi) is 3.64. The summed E-state index contributed by atoms with van der Waals surface area (Å²) in [6.45, 7) is 1.53. The summed E-state index contributed by atoms with van der Waals surface area (Å²) < 4.78 is 0. The number of nitrogens with zero attached hydrogens (tertiary/aromatic N) is 4. The molecule has 0 saturated carbocycles. The van der Waals surface area contributed by atoms with E-state index in [0.29, 0.717) is 5.82 Å². The SMILES string of the molecule is O=C1NCCCN2NC3C(=C12)CCc1cnc(-c2cnc4ccccc4c2)nc13. The molecule has 1 atom stereocenters. The number of benzene rings is 1. The molecule has 144 valence electrons. The molecule has 1 aliphatic carbocycles. The first-order chi connectivity index (χ1) is 14.3. The van der Waals surface area contributed by atoms with Gasteiger partial charge in [-0.25, -0.2) is 15.4 Å². The maximum atomic E-state index is 12.6. The van der Waals surface area contributed by atoms with Crippen LogP contribution in [0.25, 0.3) is 22.3 Å². The van der Waals surface area contributed by atoms with E-state index in [1.807, 2.05) is 41.7 Å². The number of hydrogen-bond acceptors (Lipinski definition) is 6. The van der Waals surface area contributed by atoms with Crippen LogP contribution in [0.1, 0.15) is 30.1 Å². The Hall–Kier alpha value is -3.32. The second kappa shape index (κ2) is 6.35. The fourth-order valence-corrected chi connectivity index (χ4v) is 4.53. The number of pyridine rings is 1. The number of hydrazine groups is 1. The Balaban J connectivity index is 1.44. The number of aryl methyl sites for hydroxylation is 1. The van der Waals surface area contributed by atoms with Crippen molar-refractivity contribution in [1.29, 1.82) is 0 Å². The standard InChI is InChI=1S/C22H20N6O/c29-22-20-16-7-6-14-11-25-21(15-10-13-4-1-2-5-17(13)24-12-15)26-18(14)19(16)27-28(20)9-3-8-23-22/h1-2,4-5,10-12,19,27H,3,6-9H2,(H,23,29). The van der Waals surface area contributed by atoms with Crippen LogP contribution in [0.3, 0.4) is 0 Å². The summed E-state index contributed by atoms with van der Waals surface area (Å²) in [6, 6.07) is 10.1. The van der Waals surface area contributed by atoms with Gasteiger partial charge in [-0.1, -0.05) is 18.2 Å². The number of carbonyl (C=O) groups is 1. The number of fused-ring (bicyclic) bond motifs is 5. The van der Waals surface area contributed by atoms with Gasteiger partial charge in [-0.3, -0.25) is 9.78 Å². The number of aromatic nitrogens is 3. The lowest BCUT2D eigenvalue weighted by atomic mass is 9.88. The highest BCUT2D eigenvalue weighted by atomic mass is 16.2. The number of nitrogens with one attached hydrogen (secondary N) is 2. The van der Waals surface area contributed by atoms with E-state index in [9.17, 15) is 4.79 Å². The molecule has 2 aromatic heterocycles. The molecule has 3 aromatic rings. The predicted molar refractivity (Wildman–Crippen MR) is 108 cm³/mol. The van der Waals surface area contributed by atoms with E-state index in [0.717, 1.165) is 71.3 Å². The third-order valence-electron chi connectivity index (χ3n) is 5.95. The molecule has 1 fully saturated rings. The highest BCUT2D eigenvalue weighted by Gasteiger charge is 2.40. The third kappa shape index (κ3) is 2.61. The molecule has 1 aromatic carbocycles. The summed E-state index contributed by atoms with van der Waals surface area (Å²) in [5, 5.41) is 6.09. The Morgan fingerprint density at radius 2 is 2.03 bits per heavy atom. The van der Waals surface area contributed by atoms with Crippen molar-refractivity contribution in [3.05, 3.63) is 65.3 Å². The Morgan fingerprint density at radius 3 is 3.00 bits per heavy atom. The minimum atomic E-state index is -0.0623. The maximum Gasteiger partial charge on any atom is 0.268 e. The quantitative estimate of drug-likeness (QED) is 0.670. The summed E-state index contributed by atoms with van der Waals surface area (Å²) in [5.41, 5.74) is 9.41. The average Bonchev–Trinajstić information content (AvgIpc) is 3.05. The molecule has 1 unspecified atom stereocenters. The molecule has 1 saturated heterocycles. The topological polar surface area (TPSA) is 83.0 Å². The smallest absolute Gasteiger partial charge is 0.268 e. The van der Waals surface area contributed by atoms with E-state index in [4.69, 9.17) is 4.98 Å². The zero-order valence-electron chi connectivity index (χ0n) is 15.9. The van der Waals surface area contributed by atoms with Crippen LogP contribution in [-0.4, -0.2) is 39.0 Å². The molecule has 2 N–H and O–H groups in total. The van der Waals surface area contributed by atoms with Gasteiger partial charge in [0, 0.05) is 36.4 Å². The fourth-order valence-electron chi connectivity index (χ4n) is 4.53.